The molecule has 1 fully saturated rings. The third kappa shape index (κ3) is 1.97. The number of imidazole rings is 1. The predicted molar refractivity (Wildman–Crippen MR) is 66.5 cm³/mol. The second-order valence-corrected chi connectivity index (χ2v) is 4.38. The number of halogens is 1. The maximum absolute atomic E-state index is 11.6. The third-order valence-electron chi connectivity index (χ3n) is 2.80. The molecule has 8 heteroatoms. The lowest BCUT2D eigenvalue weighted by Crippen LogP contribution is -2.33. The molecule has 1 saturated heterocycles. The van der Waals surface area contributed by atoms with Crippen molar-refractivity contribution in [3.05, 3.63) is 11.6 Å². The molecule has 1 aliphatic heterocycles. The van der Waals surface area contributed by atoms with Gasteiger partial charge in [-0.15, -0.1) is 0 Å². The van der Waals surface area contributed by atoms with Gasteiger partial charge in [0.25, 0.3) is 0 Å². The third-order valence-corrected chi connectivity index (χ3v) is 2.97. The van der Waals surface area contributed by atoms with Gasteiger partial charge in [0.05, 0.1) is 12.9 Å². The molecule has 0 aliphatic carbocycles. The summed E-state index contributed by atoms with van der Waals surface area (Å²) in [5.41, 5.74) is 1.21. The lowest BCUT2D eigenvalue weighted by molar-refractivity contribution is -0.119. The Labute approximate surface area is 108 Å². The molecule has 18 heavy (non-hydrogen) atoms. The molecule has 0 aromatic carbocycles. The summed E-state index contributed by atoms with van der Waals surface area (Å²) in [5, 5.41) is 2.95. The van der Waals surface area contributed by atoms with E-state index in [1.54, 1.807) is 0 Å². The Morgan fingerprint density at radius 3 is 3.17 bits per heavy atom. The number of H-pyrrole nitrogens is 1. The molecule has 94 valence electrons. The molecule has 0 bridgehead atoms. The number of carbonyl (C=O) groups is 1. The lowest BCUT2D eigenvalue weighted by Gasteiger charge is -2.20. The van der Waals surface area contributed by atoms with E-state index in [0.29, 0.717) is 23.5 Å². The number of rotatable bonds is 1. The highest BCUT2D eigenvalue weighted by atomic mass is 35.5. The lowest BCUT2D eigenvalue weighted by atomic mass is 10.3. The fourth-order valence-electron chi connectivity index (χ4n) is 2.01. The average molecular weight is 267 g/mol. The van der Waals surface area contributed by atoms with Crippen LogP contribution in [-0.2, 0) is 4.79 Å². The van der Waals surface area contributed by atoms with Gasteiger partial charge in [-0.2, -0.15) is 9.97 Å². The van der Waals surface area contributed by atoms with E-state index >= 15 is 0 Å². The molecule has 0 radical (unpaired) electrons. The number of hydrogen-bond donors (Lipinski definition) is 2. The van der Waals surface area contributed by atoms with Gasteiger partial charge in [0, 0.05) is 13.1 Å². The zero-order chi connectivity index (χ0) is 12.5. The highest BCUT2D eigenvalue weighted by Crippen LogP contribution is 2.23. The molecule has 2 aromatic heterocycles. The van der Waals surface area contributed by atoms with E-state index in [2.05, 4.69) is 25.3 Å². The second kappa shape index (κ2) is 4.41. The Morgan fingerprint density at radius 2 is 2.28 bits per heavy atom. The molecule has 3 heterocycles. The Kier molecular flexibility index (Phi) is 2.75. The SMILES string of the molecule is O=C1CN(c2nc(Cl)nc3nc[nH]c23)CCCN1. The highest BCUT2D eigenvalue weighted by molar-refractivity contribution is 6.28. The predicted octanol–water partition coefficient (Wildman–Crippen LogP) is 0.333. The number of nitrogens with zero attached hydrogens (tertiary/aromatic N) is 4. The smallest absolute Gasteiger partial charge is 0.239 e. The normalized spacial score (nSPS) is 16.7. The molecular weight excluding hydrogens is 256 g/mol. The van der Waals surface area contributed by atoms with Crippen LogP contribution in [0.5, 0.6) is 0 Å². The largest absolute Gasteiger partial charge is 0.354 e. The first-order valence-electron chi connectivity index (χ1n) is 5.62. The summed E-state index contributed by atoms with van der Waals surface area (Å²) >= 11 is 5.87. The van der Waals surface area contributed by atoms with Gasteiger partial charge < -0.3 is 15.2 Å². The molecular formula is C10H11ClN6O. The van der Waals surface area contributed by atoms with Gasteiger partial charge >= 0.3 is 0 Å². The highest BCUT2D eigenvalue weighted by Gasteiger charge is 2.20. The quantitative estimate of drug-likeness (QED) is 0.727. The maximum atomic E-state index is 11.6. The average Bonchev–Trinajstić information content (AvgIpc) is 2.69. The van der Waals surface area contributed by atoms with Gasteiger partial charge in [0.15, 0.2) is 11.5 Å². The van der Waals surface area contributed by atoms with Crippen LogP contribution in [0.25, 0.3) is 11.2 Å². The molecule has 0 spiro atoms. The first-order chi connectivity index (χ1) is 8.74. The van der Waals surface area contributed by atoms with Crippen molar-refractivity contribution in [2.75, 3.05) is 24.5 Å². The monoisotopic (exact) mass is 266 g/mol. The minimum Gasteiger partial charge on any atom is -0.354 e. The van der Waals surface area contributed by atoms with Gasteiger partial charge in [-0.3, -0.25) is 4.79 Å². The van der Waals surface area contributed by atoms with Crippen LogP contribution in [0.3, 0.4) is 0 Å². The summed E-state index contributed by atoms with van der Waals surface area (Å²) in [4.78, 5) is 28.7. The summed E-state index contributed by atoms with van der Waals surface area (Å²) in [7, 11) is 0. The van der Waals surface area contributed by atoms with Crippen molar-refractivity contribution in [2.24, 2.45) is 0 Å². The molecule has 0 atom stereocenters. The number of anilines is 1. The zero-order valence-electron chi connectivity index (χ0n) is 9.48. The Bertz CT molecular complexity index is 597. The molecule has 0 unspecified atom stereocenters. The van der Waals surface area contributed by atoms with Crippen LogP contribution in [0.4, 0.5) is 5.82 Å². The van der Waals surface area contributed by atoms with Gasteiger partial charge in [0.2, 0.25) is 11.2 Å². The minimum atomic E-state index is -0.0186. The standard InChI is InChI=1S/C10H11ClN6O/c11-10-15-8-7(13-5-14-8)9(16-10)17-3-1-2-12-6(18)4-17/h5H,1-4H2,(H,12,18)(H,13,14,15,16). The van der Waals surface area contributed by atoms with E-state index in [1.165, 1.54) is 6.33 Å². The van der Waals surface area contributed by atoms with Crippen LogP contribution >= 0.6 is 11.6 Å². The van der Waals surface area contributed by atoms with Crippen LogP contribution in [0.15, 0.2) is 6.33 Å². The van der Waals surface area contributed by atoms with Gasteiger partial charge in [-0.05, 0) is 18.0 Å². The number of aromatic amines is 1. The van der Waals surface area contributed by atoms with Crippen LogP contribution in [-0.4, -0.2) is 45.5 Å². The Hall–Kier alpha value is -1.89. The van der Waals surface area contributed by atoms with Crippen molar-refractivity contribution < 1.29 is 4.79 Å². The summed E-state index contributed by atoms with van der Waals surface area (Å²) < 4.78 is 0. The van der Waals surface area contributed by atoms with Crippen LogP contribution in [0, 0.1) is 0 Å². The van der Waals surface area contributed by atoms with Crippen molar-refractivity contribution in [1.29, 1.82) is 0 Å². The van der Waals surface area contributed by atoms with E-state index in [9.17, 15) is 4.79 Å². The van der Waals surface area contributed by atoms with E-state index in [4.69, 9.17) is 11.6 Å². The Morgan fingerprint density at radius 1 is 1.39 bits per heavy atom. The molecule has 1 amide bonds. The number of hydrogen-bond acceptors (Lipinski definition) is 5. The minimum absolute atomic E-state index is 0.0186. The summed E-state index contributed by atoms with van der Waals surface area (Å²) in [6, 6.07) is 0. The molecule has 0 saturated carbocycles. The number of nitrogens with one attached hydrogen (secondary N) is 2. The van der Waals surface area contributed by atoms with E-state index in [1.807, 2.05) is 4.90 Å². The Balaban J connectivity index is 2.06. The maximum Gasteiger partial charge on any atom is 0.239 e. The zero-order valence-corrected chi connectivity index (χ0v) is 10.2. The summed E-state index contributed by atoms with van der Waals surface area (Å²) in [5.74, 6) is 0.606. The van der Waals surface area contributed by atoms with E-state index in [-0.39, 0.29) is 17.7 Å². The first kappa shape index (κ1) is 11.2. The number of aromatic nitrogens is 4. The first-order valence-corrected chi connectivity index (χ1v) is 6.00. The molecule has 1 aliphatic rings. The van der Waals surface area contributed by atoms with Gasteiger partial charge in [-0.1, -0.05) is 0 Å². The fourth-order valence-corrected chi connectivity index (χ4v) is 2.17. The molecule has 3 rings (SSSR count). The number of carbonyl (C=O) groups excluding carboxylic acids is 1. The van der Waals surface area contributed by atoms with Gasteiger partial charge in [0.1, 0.15) is 5.52 Å². The van der Waals surface area contributed by atoms with Gasteiger partial charge in [-0.25, -0.2) is 4.98 Å². The topological polar surface area (TPSA) is 86.8 Å². The molecule has 7 nitrogen and oxygen atoms in total. The summed E-state index contributed by atoms with van der Waals surface area (Å²) in [6.45, 7) is 1.68. The van der Waals surface area contributed by atoms with Crippen LogP contribution in [0.2, 0.25) is 5.28 Å². The van der Waals surface area contributed by atoms with Crippen molar-refractivity contribution >= 4 is 34.5 Å². The molecule has 2 N–H and O–H groups in total. The number of amides is 1. The van der Waals surface area contributed by atoms with Crippen molar-refractivity contribution in [2.45, 2.75) is 6.42 Å². The van der Waals surface area contributed by atoms with Crippen molar-refractivity contribution in [1.82, 2.24) is 25.3 Å². The molecule has 2 aromatic rings. The van der Waals surface area contributed by atoms with Crippen molar-refractivity contribution in [3.63, 3.8) is 0 Å². The second-order valence-electron chi connectivity index (χ2n) is 4.04. The van der Waals surface area contributed by atoms with Crippen molar-refractivity contribution in [3.8, 4) is 0 Å². The van der Waals surface area contributed by atoms with E-state index < -0.39 is 0 Å². The van der Waals surface area contributed by atoms with Crippen LogP contribution in [0.1, 0.15) is 6.42 Å². The fraction of sp³-hybridized carbons (Fsp3) is 0.400. The van der Waals surface area contributed by atoms with E-state index in [0.717, 1.165) is 13.0 Å². The number of fused-ring (bicyclic) bond motifs is 1. The van der Waals surface area contributed by atoms with Crippen LogP contribution < -0.4 is 10.2 Å². The summed E-state index contributed by atoms with van der Waals surface area (Å²) in [6.07, 6.45) is 2.40.